The van der Waals surface area contributed by atoms with Crippen molar-refractivity contribution in [3.63, 3.8) is 0 Å². The largest absolute Gasteiger partial charge is 0.493 e. The first-order valence-corrected chi connectivity index (χ1v) is 13.2. The van der Waals surface area contributed by atoms with Crippen molar-refractivity contribution in [2.45, 2.75) is 39.5 Å². The fourth-order valence-electron chi connectivity index (χ4n) is 3.38. The smallest absolute Gasteiger partial charge is 0.264 e. The molecule has 0 aliphatic rings. The molecule has 0 aliphatic heterocycles. The summed E-state index contributed by atoms with van der Waals surface area (Å²) in [6.07, 6.45) is 1.50. The summed E-state index contributed by atoms with van der Waals surface area (Å²) in [5.41, 5.74) is 6.24. The molecule has 0 heterocycles. The molecule has 36 heavy (non-hydrogen) atoms. The van der Waals surface area contributed by atoms with Gasteiger partial charge in [-0.25, -0.2) is 13.8 Å². The van der Waals surface area contributed by atoms with Gasteiger partial charge in [-0.2, -0.15) is 5.10 Å². The minimum atomic E-state index is -3.99. The molecule has 0 saturated carbocycles. The summed E-state index contributed by atoms with van der Waals surface area (Å²) in [5, 5.41) is 4.01. The fourth-order valence-corrected chi connectivity index (χ4v) is 4.86. The number of sulfonamides is 1. The minimum Gasteiger partial charge on any atom is -0.493 e. The predicted molar refractivity (Wildman–Crippen MR) is 144 cm³/mol. The molecule has 0 saturated heterocycles. The molecule has 0 spiro atoms. The second-order valence-electron chi connectivity index (χ2n) is 9.18. The highest BCUT2D eigenvalue weighted by Gasteiger charge is 2.28. The van der Waals surface area contributed by atoms with Gasteiger partial charge in [-0.1, -0.05) is 43.7 Å². The van der Waals surface area contributed by atoms with Gasteiger partial charge in [0, 0.05) is 0 Å². The molecule has 0 radical (unpaired) electrons. The number of ether oxygens (including phenoxy) is 1. The van der Waals surface area contributed by atoms with E-state index < -0.39 is 22.5 Å². The third kappa shape index (κ3) is 7.18. The van der Waals surface area contributed by atoms with Gasteiger partial charge in [0.1, 0.15) is 12.3 Å². The van der Waals surface area contributed by atoms with Crippen LogP contribution in [0.5, 0.6) is 5.75 Å². The third-order valence-electron chi connectivity index (χ3n) is 5.40. The Morgan fingerprint density at radius 2 is 1.61 bits per heavy atom. The number of aryl methyl sites for hydroxylation is 3. The molecule has 0 fully saturated rings. The van der Waals surface area contributed by atoms with Gasteiger partial charge < -0.3 is 4.74 Å². The Hall–Kier alpha value is -3.65. The zero-order valence-electron chi connectivity index (χ0n) is 21.4. The van der Waals surface area contributed by atoms with Crippen LogP contribution in [-0.4, -0.2) is 33.7 Å². The Balaban J connectivity index is 1.77. The number of amides is 1. The van der Waals surface area contributed by atoms with Crippen LogP contribution in [0.25, 0.3) is 0 Å². The number of nitrogens with one attached hydrogen (secondary N) is 1. The molecule has 0 aliphatic carbocycles. The minimum absolute atomic E-state index is 0.116. The lowest BCUT2D eigenvalue weighted by atomic mass is 10.1. The number of hydrogen-bond acceptors (Lipinski definition) is 5. The topological polar surface area (TPSA) is 88.1 Å². The van der Waals surface area contributed by atoms with Crippen LogP contribution in [0.2, 0.25) is 0 Å². The standard InChI is InChI=1S/C28H33N3O4S/c1-20(2)19-35-25-12-10-24(11-13-25)17-29-30-28(32)18-31(27-16-22(4)6-9-23(27)5)36(33,34)26-14-7-21(3)8-15-26/h6-17,20H,18-19H2,1-5H3,(H,30,32)/b29-17-. The SMILES string of the molecule is Cc1ccc(S(=O)(=O)N(CC(=O)N/N=C\c2ccc(OCC(C)C)cc2)c2cc(C)ccc2C)cc1. The molecule has 8 heteroatoms. The lowest BCUT2D eigenvalue weighted by Crippen LogP contribution is -2.40. The number of anilines is 1. The summed E-state index contributed by atoms with van der Waals surface area (Å²) in [6, 6.07) is 19.4. The van der Waals surface area contributed by atoms with Crippen LogP contribution in [0, 0.1) is 26.7 Å². The van der Waals surface area contributed by atoms with E-state index in [1.807, 2.05) is 57.2 Å². The Kier molecular flexibility index (Phi) is 8.88. The molecule has 0 unspecified atom stereocenters. The van der Waals surface area contributed by atoms with E-state index in [9.17, 15) is 13.2 Å². The number of nitrogens with zero attached hydrogens (tertiary/aromatic N) is 2. The summed E-state index contributed by atoms with van der Waals surface area (Å²) >= 11 is 0. The van der Waals surface area contributed by atoms with Gasteiger partial charge >= 0.3 is 0 Å². The third-order valence-corrected chi connectivity index (χ3v) is 7.17. The van der Waals surface area contributed by atoms with E-state index in [0.29, 0.717) is 18.2 Å². The van der Waals surface area contributed by atoms with Gasteiger partial charge in [0.25, 0.3) is 15.9 Å². The van der Waals surface area contributed by atoms with Crippen LogP contribution >= 0.6 is 0 Å². The van der Waals surface area contributed by atoms with Crippen molar-refractivity contribution in [3.05, 3.63) is 89.0 Å². The molecule has 3 aromatic carbocycles. The average molecular weight is 508 g/mol. The first-order valence-electron chi connectivity index (χ1n) is 11.8. The van der Waals surface area contributed by atoms with E-state index in [1.165, 1.54) is 6.21 Å². The molecule has 190 valence electrons. The molecular weight excluding hydrogens is 474 g/mol. The highest BCUT2D eigenvalue weighted by molar-refractivity contribution is 7.92. The molecule has 7 nitrogen and oxygen atoms in total. The van der Waals surface area contributed by atoms with E-state index in [2.05, 4.69) is 24.4 Å². The van der Waals surface area contributed by atoms with Crippen molar-refractivity contribution in [3.8, 4) is 5.75 Å². The van der Waals surface area contributed by atoms with Crippen LogP contribution in [0.15, 0.2) is 76.7 Å². The Morgan fingerprint density at radius 1 is 0.972 bits per heavy atom. The summed E-state index contributed by atoms with van der Waals surface area (Å²) in [5.74, 6) is 0.634. The van der Waals surface area contributed by atoms with Crippen molar-refractivity contribution in [1.29, 1.82) is 0 Å². The number of carbonyl (C=O) groups is 1. The van der Waals surface area contributed by atoms with Gasteiger partial charge in [-0.15, -0.1) is 0 Å². The van der Waals surface area contributed by atoms with Gasteiger partial charge in [0.05, 0.1) is 23.4 Å². The summed E-state index contributed by atoms with van der Waals surface area (Å²) in [7, 11) is -3.99. The normalized spacial score (nSPS) is 11.6. The molecule has 0 atom stereocenters. The number of benzene rings is 3. The van der Waals surface area contributed by atoms with Crippen LogP contribution in [0.3, 0.4) is 0 Å². The number of carbonyl (C=O) groups excluding carboxylic acids is 1. The van der Waals surface area contributed by atoms with Crippen molar-refractivity contribution in [2.75, 3.05) is 17.5 Å². The molecule has 1 amide bonds. The van der Waals surface area contributed by atoms with Crippen molar-refractivity contribution < 1.29 is 17.9 Å². The van der Waals surface area contributed by atoms with E-state index in [1.54, 1.807) is 30.3 Å². The maximum atomic E-state index is 13.6. The lowest BCUT2D eigenvalue weighted by Gasteiger charge is -2.25. The maximum absolute atomic E-state index is 13.6. The van der Waals surface area contributed by atoms with E-state index in [0.717, 1.165) is 32.3 Å². The van der Waals surface area contributed by atoms with Crippen molar-refractivity contribution in [2.24, 2.45) is 11.0 Å². The van der Waals surface area contributed by atoms with Crippen LogP contribution < -0.4 is 14.5 Å². The van der Waals surface area contributed by atoms with Gasteiger partial charge in [-0.05, 0) is 85.8 Å². The molecule has 3 rings (SSSR count). The van der Waals surface area contributed by atoms with E-state index in [-0.39, 0.29) is 4.90 Å². The zero-order valence-corrected chi connectivity index (χ0v) is 22.2. The Morgan fingerprint density at radius 3 is 2.25 bits per heavy atom. The van der Waals surface area contributed by atoms with Gasteiger partial charge in [0.2, 0.25) is 0 Å². The van der Waals surface area contributed by atoms with Gasteiger partial charge in [0.15, 0.2) is 0 Å². The predicted octanol–water partition coefficient (Wildman–Crippen LogP) is 4.99. The first-order chi connectivity index (χ1) is 17.1. The zero-order chi connectivity index (χ0) is 26.3. The Labute approximate surface area is 213 Å². The molecule has 0 bridgehead atoms. The van der Waals surface area contributed by atoms with Crippen molar-refractivity contribution >= 4 is 27.8 Å². The quantitative estimate of drug-likeness (QED) is 0.309. The lowest BCUT2D eigenvalue weighted by molar-refractivity contribution is -0.119. The van der Waals surface area contributed by atoms with E-state index in [4.69, 9.17) is 4.74 Å². The first kappa shape index (κ1) is 26.9. The summed E-state index contributed by atoms with van der Waals surface area (Å²) < 4.78 is 33.9. The van der Waals surface area contributed by atoms with Crippen molar-refractivity contribution in [1.82, 2.24) is 5.43 Å². The highest BCUT2D eigenvalue weighted by atomic mass is 32.2. The number of hydrogen-bond donors (Lipinski definition) is 1. The molecular formula is C28H33N3O4S. The monoisotopic (exact) mass is 507 g/mol. The highest BCUT2D eigenvalue weighted by Crippen LogP contribution is 2.28. The van der Waals surface area contributed by atoms with Gasteiger partial charge in [-0.3, -0.25) is 9.10 Å². The second kappa shape index (κ2) is 11.9. The van der Waals surface area contributed by atoms with Crippen LogP contribution in [0.1, 0.15) is 36.1 Å². The summed E-state index contributed by atoms with van der Waals surface area (Å²) in [4.78, 5) is 12.9. The van der Waals surface area contributed by atoms with E-state index >= 15 is 0 Å². The second-order valence-corrected chi connectivity index (χ2v) is 11.0. The molecule has 0 aromatic heterocycles. The van der Waals surface area contributed by atoms with Crippen LogP contribution in [-0.2, 0) is 14.8 Å². The maximum Gasteiger partial charge on any atom is 0.264 e. The number of hydrazone groups is 1. The van der Waals surface area contributed by atoms with Crippen LogP contribution in [0.4, 0.5) is 5.69 Å². The molecule has 1 N–H and O–H groups in total. The summed E-state index contributed by atoms with van der Waals surface area (Å²) in [6.45, 7) is 9.96. The Bertz CT molecular complexity index is 1320. The molecule has 3 aromatic rings. The fraction of sp³-hybridized carbons (Fsp3) is 0.286. The average Bonchev–Trinajstić information content (AvgIpc) is 2.84. The number of rotatable bonds is 10.